The molecule has 1 aliphatic rings. The second kappa shape index (κ2) is 8.46. The summed E-state index contributed by atoms with van der Waals surface area (Å²) in [6, 6.07) is 9.26. The molecule has 1 atom stereocenters. The number of rotatable bonds is 3. The third kappa shape index (κ3) is 4.34. The standard InChI is InChI=1S/C15H24N4.HI/c1-12(10-18-15(16-2)17-3)19-9-8-13-6-4-5-7-14(13)11-19;/h4-7,12H,8-11H2,1-3H3,(H2,16,17,18);1H. The summed E-state index contributed by atoms with van der Waals surface area (Å²) < 4.78 is 0. The van der Waals surface area contributed by atoms with E-state index in [2.05, 4.69) is 51.7 Å². The first-order chi connectivity index (χ1) is 9.24. The summed E-state index contributed by atoms with van der Waals surface area (Å²) in [4.78, 5) is 6.66. The molecular weight excluding hydrogens is 363 g/mol. The maximum atomic E-state index is 4.14. The predicted molar refractivity (Wildman–Crippen MR) is 95.9 cm³/mol. The van der Waals surface area contributed by atoms with Gasteiger partial charge in [-0.1, -0.05) is 24.3 Å². The molecular formula is C15H25IN4. The molecule has 1 aromatic rings. The first kappa shape index (κ1) is 17.2. The molecule has 1 aromatic carbocycles. The normalized spacial score (nSPS) is 16.9. The van der Waals surface area contributed by atoms with E-state index in [9.17, 15) is 0 Å². The fourth-order valence-corrected chi connectivity index (χ4v) is 2.55. The number of nitrogens with zero attached hydrogens (tertiary/aromatic N) is 2. The molecule has 0 bridgehead atoms. The van der Waals surface area contributed by atoms with Crippen LogP contribution >= 0.6 is 24.0 Å². The van der Waals surface area contributed by atoms with Crippen molar-refractivity contribution < 1.29 is 0 Å². The zero-order valence-electron chi connectivity index (χ0n) is 12.5. The van der Waals surface area contributed by atoms with E-state index in [0.29, 0.717) is 6.04 Å². The maximum Gasteiger partial charge on any atom is 0.190 e. The van der Waals surface area contributed by atoms with Gasteiger partial charge in [-0.05, 0) is 24.5 Å². The molecule has 0 saturated carbocycles. The molecule has 20 heavy (non-hydrogen) atoms. The number of halogens is 1. The number of nitrogens with one attached hydrogen (secondary N) is 2. The van der Waals surface area contributed by atoms with Crippen LogP contribution < -0.4 is 10.6 Å². The summed E-state index contributed by atoms with van der Waals surface area (Å²) in [5, 5.41) is 6.38. The molecule has 0 saturated heterocycles. The van der Waals surface area contributed by atoms with Gasteiger partial charge < -0.3 is 10.6 Å². The molecule has 0 radical (unpaired) electrons. The maximum absolute atomic E-state index is 4.14. The molecule has 1 aliphatic heterocycles. The Bertz CT molecular complexity index is 447. The van der Waals surface area contributed by atoms with Gasteiger partial charge in [0.05, 0.1) is 0 Å². The average molecular weight is 388 g/mol. The lowest BCUT2D eigenvalue weighted by molar-refractivity contribution is 0.191. The van der Waals surface area contributed by atoms with Gasteiger partial charge >= 0.3 is 0 Å². The Hall–Kier alpha value is -0.820. The van der Waals surface area contributed by atoms with Crippen molar-refractivity contribution in [3.05, 3.63) is 35.4 Å². The van der Waals surface area contributed by atoms with E-state index in [1.54, 1.807) is 7.05 Å². The Morgan fingerprint density at radius 2 is 2.05 bits per heavy atom. The first-order valence-electron chi connectivity index (χ1n) is 6.94. The lowest BCUT2D eigenvalue weighted by Crippen LogP contribution is -2.46. The summed E-state index contributed by atoms with van der Waals surface area (Å²) in [7, 11) is 3.68. The quantitative estimate of drug-likeness (QED) is 0.472. The van der Waals surface area contributed by atoms with Gasteiger partial charge in [0.1, 0.15) is 0 Å². The summed E-state index contributed by atoms with van der Waals surface area (Å²) >= 11 is 0. The Kier molecular flexibility index (Phi) is 7.29. The minimum absolute atomic E-state index is 0. The highest BCUT2D eigenvalue weighted by atomic mass is 127. The SMILES string of the molecule is CN=C(NC)NCC(C)N1CCc2ccccc2C1.I. The smallest absolute Gasteiger partial charge is 0.190 e. The highest BCUT2D eigenvalue weighted by Crippen LogP contribution is 2.19. The van der Waals surface area contributed by atoms with Crippen LogP contribution in [-0.4, -0.2) is 44.1 Å². The summed E-state index contributed by atoms with van der Waals surface area (Å²) in [5.41, 5.74) is 2.98. The molecule has 0 aromatic heterocycles. The van der Waals surface area contributed by atoms with Gasteiger partial charge in [-0.15, -0.1) is 24.0 Å². The number of benzene rings is 1. The lowest BCUT2D eigenvalue weighted by Gasteiger charge is -2.34. The lowest BCUT2D eigenvalue weighted by atomic mass is 9.99. The van der Waals surface area contributed by atoms with Gasteiger partial charge in [0.2, 0.25) is 0 Å². The van der Waals surface area contributed by atoms with Crippen LogP contribution in [0, 0.1) is 0 Å². The molecule has 4 nitrogen and oxygen atoms in total. The van der Waals surface area contributed by atoms with Crippen molar-refractivity contribution in [2.45, 2.75) is 25.9 Å². The molecule has 2 rings (SSSR count). The Balaban J connectivity index is 0.00000200. The van der Waals surface area contributed by atoms with Crippen molar-refractivity contribution in [3.63, 3.8) is 0 Å². The van der Waals surface area contributed by atoms with Crippen molar-refractivity contribution in [1.29, 1.82) is 0 Å². The van der Waals surface area contributed by atoms with Gasteiger partial charge in [-0.3, -0.25) is 9.89 Å². The van der Waals surface area contributed by atoms with Crippen LogP contribution in [-0.2, 0) is 13.0 Å². The van der Waals surface area contributed by atoms with Crippen LogP contribution in [0.2, 0.25) is 0 Å². The van der Waals surface area contributed by atoms with Gasteiger partial charge in [0, 0.05) is 39.8 Å². The van der Waals surface area contributed by atoms with Crippen LogP contribution in [0.4, 0.5) is 0 Å². The van der Waals surface area contributed by atoms with Crippen molar-refractivity contribution in [3.8, 4) is 0 Å². The fourth-order valence-electron chi connectivity index (χ4n) is 2.55. The highest BCUT2D eigenvalue weighted by molar-refractivity contribution is 14.0. The number of aliphatic imine (C=N–C) groups is 1. The Morgan fingerprint density at radius 3 is 2.70 bits per heavy atom. The van der Waals surface area contributed by atoms with Crippen molar-refractivity contribution >= 4 is 29.9 Å². The number of guanidine groups is 1. The number of fused-ring (bicyclic) bond motifs is 1. The number of hydrogen-bond donors (Lipinski definition) is 2. The monoisotopic (exact) mass is 388 g/mol. The van der Waals surface area contributed by atoms with Crippen LogP contribution in [0.1, 0.15) is 18.1 Å². The van der Waals surface area contributed by atoms with Crippen LogP contribution in [0.3, 0.4) is 0 Å². The van der Waals surface area contributed by atoms with Crippen LogP contribution in [0.25, 0.3) is 0 Å². The van der Waals surface area contributed by atoms with Gasteiger partial charge in [-0.2, -0.15) is 0 Å². The predicted octanol–water partition coefficient (Wildman–Crippen LogP) is 1.85. The fraction of sp³-hybridized carbons (Fsp3) is 0.533. The topological polar surface area (TPSA) is 39.7 Å². The van der Waals surface area contributed by atoms with E-state index in [1.165, 1.54) is 11.1 Å². The van der Waals surface area contributed by atoms with E-state index in [-0.39, 0.29) is 24.0 Å². The van der Waals surface area contributed by atoms with Gasteiger partial charge in [-0.25, -0.2) is 0 Å². The summed E-state index contributed by atoms with van der Waals surface area (Å²) in [6.07, 6.45) is 1.15. The minimum atomic E-state index is 0. The molecule has 5 heteroatoms. The molecule has 1 heterocycles. The van der Waals surface area contributed by atoms with Crippen LogP contribution in [0.5, 0.6) is 0 Å². The molecule has 1 unspecified atom stereocenters. The largest absolute Gasteiger partial charge is 0.359 e. The highest BCUT2D eigenvalue weighted by Gasteiger charge is 2.20. The molecule has 0 fully saturated rings. The molecule has 0 spiro atoms. The zero-order chi connectivity index (χ0) is 13.7. The van der Waals surface area contributed by atoms with E-state index in [1.807, 2.05) is 7.05 Å². The van der Waals surface area contributed by atoms with Crippen LogP contribution in [0.15, 0.2) is 29.3 Å². The third-order valence-electron chi connectivity index (χ3n) is 3.81. The molecule has 0 aliphatic carbocycles. The van der Waals surface area contributed by atoms with E-state index >= 15 is 0 Å². The van der Waals surface area contributed by atoms with Crippen molar-refractivity contribution in [1.82, 2.24) is 15.5 Å². The van der Waals surface area contributed by atoms with Gasteiger partial charge in [0.25, 0.3) is 0 Å². The molecule has 2 N–H and O–H groups in total. The number of hydrogen-bond acceptors (Lipinski definition) is 2. The first-order valence-corrected chi connectivity index (χ1v) is 6.94. The van der Waals surface area contributed by atoms with E-state index in [4.69, 9.17) is 0 Å². The van der Waals surface area contributed by atoms with E-state index < -0.39 is 0 Å². The average Bonchev–Trinajstić information content (AvgIpc) is 2.47. The zero-order valence-corrected chi connectivity index (χ0v) is 14.8. The third-order valence-corrected chi connectivity index (χ3v) is 3.81. The Labute approximate surface area is 139 Å². The molecule has 0 amide bonds. The Morgan fingerprint density at radius 1 is 1.35 bits per heavy atom. The molecule has 112 valence electrons. The van der Waals surface area contributed by atoms with Gasteiger partial charge in [0.15, 0.2) is 5.96 Å². The summed E-state index contributed by atoms with van der Waals surface area (Å²) in [5.74, 6) is 0.851. The minimum Gasteiger partial charge on any atom is -0.359 e. The van der Waals surface area contributed by atoms with E-state index in [0.717, 1.165) is 32.0 Å². The second-order valence-corrected chi connectivity index (χ2v) is 5.04. The second-order valence-electron chi connectivity index (χ2n) is 5.04. The van der Waals surface area contributed by atoms with Crippen molar-refractivity contribution in [2.75, 3.05) is 27.2 Å². The summed E-state index contributed by atoms with van der Waals surface area (Å²) in [6.45, 7) is 5.37. The van der Waals surface area contributed by atoms with Crippen molar-refractivity contribution in [2.24, 2.45) is 4.99 Å².